The van der Waals surface area contributed by atoms with Gasteiger partial charge in [-0.2, -0.15) is 0 Å². The number of hydrogen-bond donors (Lipinski definition) is 0. The zero-order valence-corrected chi connectivity index (χ0v) is 11.9. The van der Waals surface area contributed by atoms with Gasteiger partial charge in [-0.05, 0) is 13.3 Å². The number of hydrogen-bond acceptors (Lipinski definition) is 5. The van der Waals surface area contributed by atoms with Crippen molar-refractivity contribution in [3.05, 3.63) is 28.1 Å². The van der Waals surface area contributed by atoms with E-state index in [0.29, 0.717) is 19.5 Å². The summed E-state index contributed by atoms with van der Waals surface area (Å²) >= 11 is 0. The van der Waals surface area contributed by atoms with Gasteiger partial charge in [-0.1, -0.05) is 0 Å². The summed E-state index contributed by atoms with van der Waals surface area (Å²) in [6, 6.07) is 1.28. The van der Waals surface area contributed by atoms with Crippen LogP contribution in [0, 0.1) is 16.0 Å². The molecule has 0 radical (unpaired) electrons. The number of amides is 1. The maximum absolute atomic E-state index is 12.4. The van der Waals surface area contributed by atoms with Crippen LogP contribution < -0.4 is 0 Å². The Morgan fingerprint density at radius 1 is 1.52 bits per heavy atom. The van der Waals surface area contributed by atoms with Crippen LogP contribution in [0.25, 0.3) is 0 Å². The molecule has 0 aliphatic carbocycles. The van der Waals surface area contributed by atoms with Crippen molar-refractivity contribution in [2.75, 3.05) is 20.2 Å². The predicted octanol–water partition coefficient (Wildman–Crippen LogP) is 1.05. The van der Waals surface area contributed by atoms with Crippen molar-refractivity contribution < 1.29 is 19.2 Å². The molecular formula is C13H17N3O5. The molecule has 0 spiro atoms. The van der Waals surface area contributed by atoms with E-state index in [4.69, 9.17) is 0 Å². The Labute approximate surface area is 121 Å². The first-order chi connectivity index (χ1) is 9.97. The minimum absolute atomic E-state index is 0.107. The molecular weight excluding hydrogens is 278 g/mol. The summed E-state index contributed by atoms with van der Waals surface area (Å²) in [4.78, 5) is 35.8. The molecule has 0 aromatic carbocycles. The first-order valence-electron chi connectivity index (χ1n) is 6.69. The molecule has 1 fully saturated rings. The van der Waals surface area contributed by atoms with Crippen molar-refractivity contribution in [3.63, 3.8) is 0 Å². The van der Waals surface area contributed by atoms with E-state index >= 15 is 0 Å². The summed E-state index contributed by atoms with van der Waals surface area (Å²) < 4.78 is 6.22. The van der Waals surface area contributed by atoms with E-state index in [1.54, 1.807) is 4.57 Å². The second kappa shape index (κ2) is 5.94. The highest BCUT2D eigenvalue weighted by Gasteiger charge is 2.33. The number of methoxy groups -OCH3 is 1. The Morgan fingerprint density at radius 2 is 2.24 bits per heavy atom. The zero-order chi connectivity index (χ0) is 15.6. The molecule has 1 atom stereocenters. The summed E-state index contributed by atoms with van der Waals surface area (Å²) in [5.74, 6) is -0.947. The lowest BCUT2D eigenvalue weighted by atomic mass is 10.1. The minimum Gasteiger partial charge on any atom is -0.469 e. The van der Waals surface area contributed by atoms with Gasteiger partial charge in [0.25, 0.3) is 11.6 Å². The van der Waals surface area contributed by atoms with E-state index in [1.165, 1.54) is 24.3 Å². The SMILES string of the molecule is CCn1cc([N+](=O)[O-])cc1C(=O)N1CCC(C(=O)OC)C1. The Bertz CT molecular complexity index is 580. The van der Waals surface area contributed by atoms with Crippen molar-refractivity contribution in [1.82, 2.24) is 9.47 Å². The van der Waals surface area contributed by atoms with E-state index in [9.17, 15) is 19.7 Å². The number of likely N-dealkylation sites (tertiary alicyclic amines) is 1. The standard InChI is InChI=1S/C13H17N3O5/c1-3-14-8-10(16(19)20)6-11(14)12(17)15-5-4-9(7-15)13(18)21-2/h6,8-9H,3-5,7H2,1-2H3. The highest BCUT2D eigenvalue weighted by atomic mass is 16.6. The maximum Gasteiger partial charge on any atom is 0.310 e. The normalized spacial score (nSPS) is 17.8. The molecule has 8 heteroatoms. The molecule has 2 heterocycles. The summed E-state index contributed by atoms with van der Waals surface area (Å²) in [7, 11) is 1.32. The number of rotatable bonds is 4. The fourth-order valence-corrected chi connectivity index (χ4v) is 2.50. The molecule has 1 aromatic rings. The predicted molar refractivity (Wildman–Crippen MR) is 72.8 cm³/mol. The van der Waals surface area contributed by atoms with Crippen molar-refractivity contribution in [1.29, 1.82) is 0 Å². The van der Waals surface area contributed by atoms with Gasteiger partial charge >= 0.3 is 5.97 Å². The van der Waals surface area contributed by atoms with Gasteiger partial charge in [0.15, 0.2) is 0 Å². The van der Waals surface area contributed by atoms with Crippen molar-refractivity contribution in [2.24, 2.45) is 5.92 Å². The van der Waals surface area contributed by atoms with Crippen LogP contribution in [0.5, 0.6) is 0 Å². The number of aromatic nitrogens is 1. The lowest BCUT2D eigenvalue weighted by Crippen LogP contribution is -2.31. The molecule has 0 bridgehead atoms. The quantitative estimate of drug-likeness (QED) is 0.470. The fraction of sp³-hybridized carbons (Fsp3) is 0.538. The molecule has 1 aliphatic heterocycles. The number of nitro groups is 1. The summed E-state index contributed by atoms with van der Waals surface area (Å²) in [6.45, 7) is 3.00. The van der Waals surface area contributed by atoms with Crippen LogP contribution in [-0.2, 0) is 16.1 Å². The van der Waals surface area contributed by atoms with Gasteiger partial charge in [0.05, 0.1) is 24.1 Å². The first-order valence-corrected chi connectivity index (χ1v) is 6.69. The van der Waals surface area contributed by atoms with Gasteiger partial charge < -0.3 is 14.2 Å². The Hall–Kier alpha value is -2.38. The van der Waals surface area contributed by atoms with E-state index in [0.717, 1.165) is 0 Å². The van der Waals surface area contributed by atoms with E-state index in [2.05, 4.69) is 4.74 Å². The number of carbonyl (C=O) groups is 2. The third-order valence-corrected chi connectivity index (χ3v) is 3.66. The third-order valence-electron chi connectivity index (χ3n) is 3.66. The van der Waals surface area contributed by atoms with Gasteiger partial charge in [-0.15, -0.1) is 0 Å². The Kier molecular flexibility index (Phi) is 4.25. The van der Waals surface area contributed by atoms with Crippen LogP contribution in [0.1, 0.15) is 23.8 Å². The average Bonchev–Trinajstić information content (AvgIpc) is 3.12. The molecule has 1 aliphatic rings. The molecule has 1 aromatic heterocycles. The number of esters is 1. The summed E-state index contributed by atoms with van der Waals surface area (Å²) in [5.41, 5.74) is 0.165. The number of nitrogens with zero attached hydrogens (tertiary/aromatic N) is 3. The molecule has 2 rings (SSSR count). The largest absolute Gasteiger partial charge is 0.469 e. The van der Waals surface area contributed by atoms with Crippen LogP contribution in [0.15, 0.2) is 12.3 Å². The maximum atomic E-state index is 12.4. The summed E-state index contributed by atoms with van der Waals surface area (Å²) in [5, 5.41) is 10.8. The molecule has 21 heavy (non-hydrogen) atoms. The van der Waals surface area contributed by atoms with Gasteiger partial charge in [-0.25, -0.2) is 0 Å². The smallest absolute Gasteiger partial charge is 0.310 e. The summed E-state index contributed by atoms with van der Waals surface area (Å²) in [6.07, 6.45) is 1.90. The molecule has 8 nitrogen and oxygen atoms in total. The molecule has 0 N–H and O–H groups in total. The van der Waals surface area contributed by atoms with Crippen LogP contribution in [0.4, 0.5) is 5.69 Å². The van der Waals surface area contributed by atoms with Crippen LogP contribution in [0.3, 0.4) is 0 Å². The molecule has 1 unspecified atom stereocenters. The highest BCUT2D eigenvalue weighted by Crippen LogP contribution is 2.23. The first kappa shape index (κ1) is 15.0. The van der Waals surface area contributed by atoms with Crippen LogP contribution in [0.2, 0.25) is 0 Å². The van der Waals surface area contributed by atoms with Gasteiger partial charge in [0, 0.05) is 25.7 Å². The monoisotopic (exact) mass is 295 g/mol. The van der Waals surface area contributed by atoms with Crippen molar-refractivity contribution >= 4 is 17.6 Å². The fourth-order valence-electron chi connectivity index (χ4n) is 2.50. The van der Waals surface area contributed by atoms with Crippen LogP contribution in [-0.4, -0.2) is 46.5 Å². The third kappa shape index (κ3) is 2.88. The van der Waals surface area contributed by atoms with Crippen molar-refractivity contribution in [2.45, 2.75) is 19.9 Å². The van der Waals surface area contributed by atoms with Crippen LogP contribution >= 0.6 is 0 Å². The highest BCUT2D eigenvalue weighted by molar-refractivity contribution is 5.94. The number of carbonyl (C=O) groups excluding carboxylic acids is 2. The molecule has 114 valence electrons. The topological polar surface area (TPSA) is 94.7 Å². The molecule has 1 saturated heterocycles. The number of ether oxygens (including phenoxy) is 1. The van der Waals surface area contributed by atoms with Gasteiger partial charge in [0.2, 0.25) is 0 Å². The Morgan fingerprint density at radius 3 is 2.81 bits per heavy atom. The second-order valence-electron chi connectivity index (χ2n) is 4.89. The lowest BCUT2D eigenvalue weighted by molar-refractivity contribution is -0.384. The lowest BCUT2D eigenvalue weighted by Gasteiger charge is -2.16. The van der Waals surface area contributed by atoms with Gasteiger partial charge in [-0.3, -0.25) is 19.7 Å². The van der Waals surface area contributed by atoms with E-state index in [1.807, 2.05) is 6.92 Å². The molecule has 0 saturated carbocycles. The number of aryl methyl sites for hydroxylation is 1. The van der Waals surface area contributed by atoms with Crippen molar-refractivity contribution in [3.8, 4) is 0 Å². The molecule has 1 amide bonds. The van der Waals surface area contributed by atoms with E-state index < -0.39 is 4.92 Å². The average molecular weight is 295 g/mol. The minimum atomic E-state index is -0.524. The zero-order valence-electron chi connectivity index (χ0n) is 11.9. The Balaban J connectivity index is 2.17. The van der Waals surface area contributed by atoms with E-state index in [-0.39, 0.29) is 35.7 Å². The van der Waals surface area contributed by atoms with Gasteiger partial charge in [0.1, 0.15) is 5.69 Å². The second-order valence-corrected chi connectivity index (χ2v) is 4.89.